The highest BCUT2D eigenvalue weighted by Gasteiger charge is 2.23. The number of nitrogens with one attached hydrogen (secondary N) is 1. The molecule has 1 N–H and O–H groups in total. The molecule has 0 spiro atoms. The third kappa shape index (κ3) is 3.91. The fourth-order valence-corrected chi connectivity index (χ4v) is 3.39. The van der Waals surface area contributed by atoms with Crippen molar-refractivity contribution in [1.82, 2.24) is 14.5 Å². The summed E-state index contributed by atoms with van der Waals surface area (Å²) in [6.07, 6.45) is 5.28. The van der Waals surface area contributed by atoms with Gasteiger partial charge in [-0.15, -0.1) is 5.10 Å². The van der Waals surface area contributed by atoms with Gasteiger partial charge in [0.2, 0.25) is 5.91 Å². The maximum Gasteiger partial charge on any atom is 0.222 e. The van der Waals surface area contributed by atoms with Crippen LogP contribution in [0.4, 0.5) is 5.00 Å². The largest absolute Gasteiger partial charge is 0.374 e. The molecule has 1 fully saturated rings. The van der Waals surface area contributed by atoms with Crippen LogP contribution in [0.3, 0.4) is 0 Å². The van der Waals surface area contributed by atoms with Crippen LogP contribution in [-0.2, 0) is 11.3 Å². The van der Waals surface area contributed by atoms with Crippen LogP contribution in [0.1, 0.15) is 51.6 Å². The molecule has 1 aliphatic rings. The van der Waals surface area contributed by atoms with Gasteiger partial charge in [0.15, 0.2) is 0 Å². The lowest BCUT2D eigenvalue weighted by Crippen LogP contribution is -2.30. The standard InChI is InChI=1S/C14H24N4OS/c1-3-5-11-6-7-13(19)18(9-8-11)10-12-14(15-4-2)20-17-16-12/h11,15H,3-10H2,1-2H3. The first-order valence-electron chi connectivity index (χ1n) is 7.57. The molecule has 2 heterocycles. The molecule has 0 radical (unpaired) electrons. The Labute approximate surface area is 124 Å². The maximum absolute atomic E-state index is 12.2. The molecule has 0 aromatic carbocycles. The normalized spacial score (nSPS) is 20.0. The third-order valence-electron chi connectivity index (χ3n) is 3.86. The molecule has 1 unspecified atom stereocenters. The summed E-state index contributed by atoms with van der Waals surface area (Å²) < 4.78 is 3.99. The smallest absolute Gasteiger partial charge is 0.222 e. The van der Waals surface area contributed by atoms with Crippen LogP contribution in [0, 0.1) is 5.92 Å². The lowest BCUT2D eigenvalue weighted by molar-refractivity contribution is -0.131. The summed E-state index contributed by atoms with van der Waals surface area (Å²) in [5.74, 6) is 0.967. The SMILES string of the molecule is CCCC1CCC(=O)N(Cc2nnsc2NCC)CC1. The number of anilines is 1. The van der Waals surface area contributed by atoms with E-state index in [-0.39, 0.29) is 5.91 Å². The predicted molar refractivity (Wildman–Crippen MR) is 81.7 cm³/mol. The Balaban J connectivity index is 1.97. The zero-order chi connectivity index (χ0) is 14.4. The molecule has 1 aromatic rings. The summed E-state index contributed by atoms with van der Waals surface area (Å²) >= 11 is 1.37. The number of hydrogen-bond donors (Lipinski definition) is 1. The van der Waals surface area contributed by atoms with Gasteiger partial charge in [0.25, 0.3) is 0 Å². The van der Waals surface area contributed by atoms with Gasteiger partial charge in [-0.2, -0.15) is 0 Å². The highest BCUT2D eigenvalue weighted by molar-refractivity contribution is 7.10. The maximum atomic E-state index is 12.2. The molecule has 0 aliphatic carbocycles. The van der Waals surface area contributed by atoms with Crippen LogP contribution in [-0.4, -0.2) is 33.5 Å². The van der Waals surface area contributed by atoms with E-state index in [0.29, 0.717) is 18.9 Å². The monoisotopic (exact) mass is 296 g/mol. The lowest BCUT2D eigenvalue weighted by atomic mass is 9.96. The zero-order valence-electron chi connectivity index (χ0n) is 12.4. The van der Waals surface area contributed by atoms with Gasteiger partial charge in [-0.25, -0.2) is 0 Å². The van der Waals surface area contributed by atoms with Gasteiger partial charge in [0, 0.05) is 31.0 Å². The van der Waals surface area contributed by atoms with Crippen LogP contribution in [0.5, 0.6) is 0 Å². The second-order valence-corrected chi connectivity index (χ2v) is 6.13. The molecule has 1 aromatic heterocycles. The quantitative estimate of drug-likeness (QED) is 0.877. The van der Waals surface area contributed by atoms with E-state index in [4.69, 9.17) is 0 Å². The summed E-state index contributed by atoms with van der Waals surface area (Å²) in [7, 11) is 0. The van der Waals surface area contributed by atoms with Crippen LogP contribution in [0.2, 0.25) is 0 Å². The van der Waals surface area contributed by atoms with Gasteiger partial charge >= 0.3 is 0 Å². The highest BCUT2D eigenvalue weighted by atomic mass is 32.1. The molecule has 6 heteroatoms. The number of rotatable bonds is 6. The van der Waals surface area contributed by atoms with Crippen LogP contribution in [0.25, 0.3) is 0 Å². The Morgan fingerprint density at radius 3 is 3.00 bits per heavy atom. The van der Waals surface area contributed by atoms with Gasteiger partial charge < -0.3 is 10.2 Å². The number of aromatic nitrogens is 2. The summed E-state index contributed by atoms with van der Waals surface area (Å²) in [4.78, 5) is 14.2. The van der Waals surface area contributed by atoms with E-state index in [9.17, 15) is 4.79 Å². The van der Waals surface area contributed by atoms with E-state index < -0.39 is 0 Å². The first-order chi connectivity index (χ1) is 9.74. The van der Waals surface area contributed by atoms with Crippen molar-refractivity contribution in [2.75, 3.05) is 18.4 Å². The molecule has 2 rings (SSSR count). The van der Waals surface area contributed by atoms with Crippen LogP contribution in [0.15, 0.2) is 0 Å². The van der Waals surface area contributed by atoms with Gasteiger partial charge in [-0.05, 0) is 25.7 Å². The van der Waals surface area contributed by atoms with E-state index in [0.717, 1.165) is 36.6 Å². The fourth-order valence-electron chi connectivity index (χ4n) is 2.75. The van der Waals surface area contributed by atoms with Crippen molar-refractivity contribution >= 4 is 22.4 Å². The zero-order valence-corrected chi connectivity index (χ0v) is 13.2. The van der Waals surface area contributed by atoms with Crippen molar-refractivity contribution in [1.29, 1.82) is 0 Å². The van der Waals surface area contributed by atoms with Crippen molar-refractivity contribution in [2.24, 2.45) is 5.92 Å². The Bertz CT molecular complexity index is 435. The van der Waals surface area contributed by atoms with Gasteiger partial charge in [0.1, 0.15) is 10.7 Å². The minimum absolute atomic E-state index is 0.263. The van der Waals surface area contributed by atoms with Crippen molar-refractivity contribution in [2.45, 2.75) is 52.5 Å². The molecule has 1 amide bonds. The van der Waals surface area contributed by atoms with E-state index >= 15 is 0 Å². The molecule has 1 saturated heterocycles. The van der Waals surface area contributed by atoms with Crippen LogP contribution < -0.4 is 5.32 Å². The number of amides is 1. The van der Waals surface area contributed by atoms with Crippen molar-refractivity contribution in [3.8, 4) is 0 Å². The topological polar surface area (TPSA) is 58.1 Å². The summed E-state index contributed by atoms with van der Waals surface area (Å²) in [5.41, 5.74) is 0.902. The number of likely N-dealkylation sites (tertiary alicyclic amines) is 1. The average Bonchev–Trinajstić information content (AvgIpc) is 2.79. The third-order valence-corrected chi connectivity index (χ3v) is 4.58. The summed E-state index contributed by atoms with van der Waals surface area (Å²) in [6, 6.07) is 0. The minimum atomic E-state index is 0.263. The molecule has 0 bridgehead atoms. The molecular weight excluding hydrogens is 272 g/mol. The molecule has 112 valence electrons. The number of carbonyl (C=O) groups excluding carboxylic acids is 1. The molecule has 1 aliphatic heterocycles. The summed E-state index contributed by atoms with van der Waals surface area (Å²) in [6.45, 7) is 6.57. The first-order valence-corrected chi connectivity index (χ1v) is 8.34. The van der Waals surface area contributed by atoms with Gasteiger partial charge in [-0.1, -0.05) is 24.3 Å². The van der Waals surface area contributed by atoms with E-state index in [1.165, 1.54) is 24.4 Å². The Kier molecular flexibility index (Phi) is 5.76. The predicted octanol–water partition coefficient (Wildman–Crippen LogP) is 2.90. The number of hydrogen-bond acceptors (Lipinski definition) is 5. The number of carbonyl (C=O) groups is 1. The average molecular weight is 296 g/mol. The second-order valence-electron chi connectivity index (χ2n) is 5.38. The van der Waals surface area contributed by atoms with E-state index in [2.05, 4.69) is 28.8 Å². The van der Waals surface area contributed by atoms with E-state index in [1.807, 2.05) is 4.90 Å². The van der Waals surface area contributed by atoms with Crippen molar-refractivity contribution in [3.63, 3.8) is 0 Å². The molecule has 1 atom stereocenters. The van der Waals surface area contributed by atoms with Crippen molar-refractivity contribution < 1.29 is 4.79 Å². The molecule has 20 heavy (non-hydrogen) atoms. The molecular formula is C14H24N4OS. The Hall–Kier alpha value is -1.17. The summed E-state index contributed by atoms with van der Waals surface area (Å²) in [5, 5.41) is 8.42. The Morgan fingerprint density at radius 1 is 1.40 bits per heavy atom. The Morgan fingerprint density at radius 2 is 2.25 bits per heavy atom. The second kappa shape index (κ2) is 7.57. The first kappa shape index (κ1) is 15.2. The lowest BCUT2D eigenvalue weighted by Gasteiger charge is -2.20. The van der Waals surface area contributed by atoms with Gasteiger partial charge in [-0.3, -0.25) is 4.79 Å². The van der Waals surface area contributed by atoms with Crippen LogP contribution >= 0.6 is 11.5 Å². The molecule has 5 nitrogen and oxygen atoms in total. The highest BCUT2D eigenvalue weighted by Crippen LogP contribution is 2.25. The van der Waals surface area contributed by atoms with E-state index in [1.54, 1.807) is 0 Å². The fraction of sp³-hybridized carbons (Fsp3) is 0.786. The molecule has 0 saturated carbocycles. The minimum Gasteiger partial charge on any atom is -0.374 e. The number of nitrogens with zero attached hydrogens (tertiary/aromatic N) is 3. The van der Waals surface area contributed by atoms with Gasteiger partial charge in [0.05, 0.1) is 6.54 Å². The van der Waals surface area contributed by atoms with Crippen molar-refractivity contribution in [3.05, 3.63) is 5.69 Å².